The SMILES string of the molecule is C=CCCCC(NC)c1cccc(Br)c1F. The Bertz CT molecular complexity index is 352. The van der Waals surface area contributed by atoms with Crippen LogP contribution in [-0.4, -0.2) is 7.05 Å². The van der Waals surface area contributed by atoms with Crippen LogP contribution >= 0.6 is 15.9 Å². The lowest BCUT2D eigenvalue weighted by atomic mass is 10.0. The van der Waals surface area contributed by atoms with Crippen molar-refractivity contribution in [1.82, 2.24) is 5.32 Å². The van der Waals surface area contributed by atoms with E-state index in [0.717, 1.165) is 24.8 Å². The van der Waals surface area contributed by atoms with E-state index in [1.54, 1.807) is 6.07 Å². The Morgan fingerprint density at radius 1 is 1.56 bits per heavy atom. The molecule has 0 bridgehead atoms. The first-order chi connectivity index (χ1) is 7.70. The number of unbranched alkanes of at least 4 members (excludes halogenated alkanes) is 1. The number of hydrogen-bond acceptors (Lipinski definition) is 1. The van der Waals surface area contributed by atoms with Gasteiger partial charge in [-0.1, -0.05) is 18.2 Å². The van der Waals surface area contributed by atoms with Gasteiger partial charge in [-0.05, 0) is 48.3 Å². The van der Waals surface area contributed by atoms with Gasteiger partial charge in [-0.25, -0.2) is 4.39 Å². The van der Waals surface area contributed by atoms with Crippen molar-refractivity contribution in [2.24, 2.45) is 0 Å². The molecule has 0 aliphatic rings. The number of rotatable bonds is 6. The molecule has 1 aromatic carbocycles. The van der Waals surface area contributed by atoms with Crippen molar-refractivity contribution in [3.8, 4) is 0 Å². The highest BCUT2D eigenvalue weighted by molar-refractivity contribution is 9.10. The number of nitrogens with one attached hydrogen (secondary N) is 1. The molecular weight excluding hydrogens is 269 g/mol. The van der Waals surface area contributed by atoms with Crippen molar-refractivity contribution in [2.75, 3.05) is 7.05 Å². The zero-order valence-electron chi connectivity index (χ0n) is 9.47. The molecule has 0 amide bonds. The first-order valence-electron chi connectivity index (χ1n) is 5.42. The van der Waals surface area contributed by atoms with Crippen molar-refractivity contribution in [2.45, 2.75) is 25.3 Å². The summed E-state index contributed by atoms with van der Waals surface area (Å²) in [6.07, 6.45) is 4.79. The lowest BCUT2D eigenvalue weighted by Gasteiger charge is -2.17. The molecule has 0 saturated carbocycles. The summed E-state index contributed by atoms with van der Waals surface area (Å²) in [6.45, 7) is 3.69. The molecule has 1 rings (SSSR count). The lowest BCUT2D eigenvalue weighted by Crippen LogP contribution is -2.17. The third kappa shape index (κ3) is 3.42. The molecule has 1 unspecified atom stereocenters. The summed E-state index contributed by atoms with van der Waals surface area (Å²) in [5.41, 5.74) is 0.723. The van der Waals surface area contributed by atoms with Gasteiger partial charge in [0.25, 0.3) is 0 Å². The highest BCUT2D eigenvalue weighted by atomic mass is 79.9. The molecule has 0 spiro atoms. The maximum absolute atomic E-state index is 13.8. The van der Waals surface area contributed by atoms with Crippen LogP contribution < -0.4 is 5.32 Å². The average molecular weight is 286 g/mol. The zero-order chi connectivity index (χ0) is 12.0. The van der Waals surface area contributed by atoms with E-state index in [9.17, 15) is 4.39 Å². The Morgan fingerprint density at radius 3 is 2.94 bits per heavy atom. The van der Waals surface area contributed by atoms with E-state index in [2.05, 4.69) is 27.8 Å². The van der Waals surface area contributed by atoms with E-state index in [1.165, 1.54) is 0 Å². The van der Waals surface area contributed by atoms with E-state index >= 15 is 0 Å². The molecule has 16 heavy (non-hydrogen) atoms. The van der Waals surface area contributed by atoms with E-state index in [0.29, 0.717) is 4.47 Å². The van der Waals surface area contributed by atoms with Crippen LogP contribution in [0.3, 0.4) is 0 Å². The van der Waals surface area contributed by atoms with Gasteiger partial charge in [0.1, 0.15) is 5.82 Å². The third-order valence-corrected chi connectivity index (χ3v) is 3.22. The first-order valence-corrected chi connectivity index (χ1v) is 6.22. The number of hydrogen-bond donors (Lipinski definition) is 1. The lowest BCUT2D eigenvalue weighted by molar-refractivity contribution is 0.494. The Hall–Kier alpha value is -0.670. The molecule has 1 N–H and O–H groups in total. The van der Waals surface area contributed by atoms with E-state index in [4.69, 9.17) is 0 Å². The van der Waals surface area contributed by atoms with Crippen molar-refractivity contribution in [1.29, 1.82) is 0 Å². The Kier molecular flexibility index (Phi) is 5.71. The van der Waals surface area contributed by atoms with E-state index in [-0.39, 0.29) is 11.9 Å². The van der Waals surface area contributed by atoms with Crippen LogP contribution in [0.5, 0.6) is 0 Å². The third-order valence-electron chi connectivity index (χ3n) is 2.61. The van der Waals surface area contributed by atoms with Gasteiger partial charge < -0.3 is 5.32 Å². The summed E-state index contributed by atoms with van der Waals surface area (Å²) in [6, 6.07) is 5.47. The van der Waals surface area contributed by atoms with Crippen molar-refractivity contribution >= 4 is 15.9 Å². The number of benzene rings is 1. The summed E-state index contributed by atoms with van der Waals surface area (Å²) in [5, 5.41) is 3.15. The van der Waals surface area contributed by atoms with Crippen LogP contribution in [-0.2, 0) is 0 Å². The summed E-state index contributed by atoms with van der Waals surface area (Å²) in [4.78, 5) is 0. The molecule has 0 aliphatic carbocycles. The van der Waals surface area contributed by atoms with Gasteiger partial charge in [-0.3, -0.25) is 0 Å². The Labute approximate surface area is 105 Å². The van der Waals surface area contributed by atoms with Gasteiger partial charge in [0.05, 0.1) is 4.47 Å². The van der Waals surface area contributed by atoms with Crippen LogP contribution in [0.25, 0.3) is 0 Å². The predicted octanol–water partition coefficient (Wildman–Crippen LogP) is 4.21. The minimum atomic E-state index is -0.166. The minimum Gasteiger partial charge on any atom is -0.313 e. The van der Waals surface area contributed by atoms with Gasteiger partial charge in [0.15, 0.2) is 0 Å². The Balaban J connectivity index is 2.78. The molecule has 0 aromatic heterocycles. The molecule has 0 heterocycles. The second kappa shape index (κ2) is 6.81. The number of allylic oxidation sites excluding steroid dienone is 1. The summed E-state index contributed by atoms with van der Waals surface area (Å²) >= 11 is 3.21. The van der Waals surface area contributed by atoms with Gasteiger partial charge in [0.2, 0.25) is 0 Å². The van der Waals surface area contributed by atoms with Gasteiger partial charge in [-0.2, -0.15) is 0 Å². The highest BCUT2D eigenvalue weighted by Crippen LogP contribution is 2.26. The molecule has 1 atom stereocenters. The van der Waals surface area contributed by atoms with E-state index in [1.807, 2.05) is 25.3 Å². The minimum absolute atomic E-state index is 0.0671. The molecule has 88 valence electrons. The number of halogens is 2. The molecular formula is C13H17BrFN. The molecule has 0 fully saturated rings. The largest absolute Gasteiger partial charge is 0.313 e. The summed E-state index contributed by atoms with van der Waals surface area (Å²) < 4.78 is 14.4. The fraction of sp³-hybridized carbons (Fsp3) is 0.385. The van der Waals surface area contributed by atoms with Gasteiger partial charge in [0, 0.05) is 11.6 Å². The molecule has 1 aromatic rings. The molecule has 0 aliphatic heterocycles. The maximum Gasteiger partial charge on any atom is 0.142 e. The van der Waals surface area contributed by atoms with Gasteiger partial charge >= 0.3 is 0 Å². The van der Waals surface area contributed by atoms with Crippen LogP contribution in [0, 0.1) is 5.82 Å². The van der Waals surface area contributed by atoms with E-state index < -0.39 is 0 Å². The fourth-order valence-electron chi connectivity index (χ4n) is 1.71. The van der Waals surface area contributed by atoms with Crippen molar-refractivity contribution in [3.63, 3.8) is 0 Å². The monoisotopic (exact) mass is 285 g/mol. The normalized spacial score (nSPS) is 12.4. The summed E-state index contributed by atoms with van der Waals surface area (Å²) in [7, 11) is 1.86. The van der Waals surface area contributed by atoms with Crippen LogP contribution in [0.15, 0.2) is 35.3 Å². The molecule has 0 radical (unpaired) electrons. The quantitative estimate of drug-likeness (QED) is 0.610. The molecule has 1 nitrogen and oxygen atoms in total. The average Bonchev–Trinajstić information content (AvgIpc) is 2.29. The first kappa shape index (κ1) is 13.4. The maximum atomic E-state index is 13.8. The molecule has 0 saturated heterocycles. The van der Waals surface area contributed by atoms with Crippen LogP contribution in [0.4, 0.5) is 4.39 Å². The second-order valence-electron chi connectivity index (χ2n) is 3.70. The molecule has 3 heteroatoms. The fourth-order valence-corrected chi connectivity index (χ4v) is 2.09. The summed E-state index contributed by atoms with van der Waals surface area (Å²) in [5.74, 6) is -0.166. The highest BCUT2D eigenvalue weighted by Gasteiger charge is 2.14. The standard InChI is InChI=1S/C13H17BrFN/c1-3-4-5-9-12(16-2)10-7-6-8-11(14)13(10)15/h3,6-8,12,16H,1,4-5,9H2,2H3. The van der Waals surface area contributed by atoms with Crippen LogP contribution in [0.2, 0.25) is 0 Å². The Morgan fingerprint density at radius 2 is 2.31 bits per heavy atom. The topological polar surface area (TPSA) is 12.0 Å². The smallest absolute Gasteiger partial charge is 0.142 e. The van der Waals surface area contributed by atoms with Crippen LogP contribution in [0.1, 0.15) is 30.9 Å². The second-order valence-corrected chi connectivity index (χ2v) is 4.56. The van der Waals surface area contributed by atoms with Crippen molar-refractivity contribution < 1.29 is 4.39 Å². The zero-order valence-corrected chi connectivity index (χ0v) is 11.1. The van der Waals surface area contributed by atoms with Gasteiger partial charge in [-0.15, -0.1) is 6.58 Å². The predicted molar refractivity (Wildman–Crippen MR) is 69.9 cm³/mol. The van der Waals surface area contributed by atoms with Crippen molar-refractivity contribution in [3.05, 3.63) is 46.7 Å².